The molecule has 3 heteroatoms. The highest BCUT2D eigenvalue weighted by atomic mass is 19.1. The van der Waals surface area contributed by atoms with E-state index < -0.39 is 0 Å². The van der Waals surface area contributed by atoms with Crippen LogP contribution in [0.15, 0.2) is 42.5 Å². The molecule has 0 aromatic heterocycles. The van der Waals surface area contributed by atoms with Gasteiger partial charge in [0.1, 0.15) is 5.82 Å². The molecule has 0 amide bonds. The van der Waals surface area contributed by atoms with E-state index in [-0.39, 0.29) is 5.82 Å². The molecule has 0 saturated heterocycles. The van der Waals surface area contributed by atoms with Gasteiger partial charge in [0.2, 0.25) is 0 Å². The minimum atomic E-state index is -0.230. The van der Waals surface area contributed by atoms with E-state index in [4.69, 9.17) is 5.73 Å². The SMILES string of the molecule is Cc1c(N)cccc1N(C)c1ccc(F)cc1. The van der Waals surface area contributed by atoms with Crippen LogP contribution in [-0.2, 0) is 0 Å². The van der Waals surface area contributed by atoms with E-state index in [9.17, 15) is 4.39 Å². The van der Waals surface area contributed by atoms with Crippen molar-refractivity contribution in [3.8, 4) is 0 Å². The maximum absolute atomic E-state index is 12.9. The van der Waals surface area contributed by atoms with Crippen LogP contribution in [0.3, 0.4) is 0 Å². The van der Waals surface area contributed by atoms with Gasteiger partial charge in [0.25, 0.3) is 0 Å². The highest BCUT2D eigenvalue weighted by Crippen LogP contribution is 2.29. The Morgan fingerprint density at radius 2 is 1.71 bits per heavy atom. The first kappa shape index (κ1) is 11.5. The molecule has 0 fully saturated rings. The first-order valence-electron chi connectivity index (χ1n) is 5.44. The Labute approximate surface area is 100 Å². The van der Waals surface area contributed by atoms with Crippen LogP contribution >= 0.6 is 0 Å². The van der Waals surface area contributed by atoms with Crippen molar-refractivity contribution in [1.29, 1.82) is 0 Å². The van der Waals surface area contributed by atoms with Crippen molar-refractivity contribution in [2.24, 2.45) is 0 Å². The number of halogens is 1. The fourth-order valence-electron chi connectivity index (χ4n) is 1.81. The van der Waals surface area contributed by atoms with E-state index in [1.807, 2.05) is 37.1 Å². The molecule has 17 heavy (non-hydrogen) atoms. The van der Waals surface area contributed by atoms with Gasteiger partial charge in [-0.1, -0.05) is 6.07 Å². The fourth-order valence-corrected chi connectivity index (χ4v) is 1.81. The fraction of sp³-hybridized carbons (Fsp3) is 0.143. The monoisotopic (exact) mass is 230 g/mol. The second-order valence-corrected chi connectivity index (χ2v) is 4.03. The lowest BCUT2D eigenvalue weighted by Crippen LogP contribution is -2.11. The molecule has 2 aromatic rings. The highest BCUT2D eigenvalue weighted by molar-refractivity contribution is 5.70. The first-order chi connectivity index (χ1) is 8.09. The normalized spacial score (nSPS) is 10.3. The Bertz CT molecular complexity index is 520. The average Bonchev–Trinajstić information content (AvgIpc) is 2.33. The summed E-state index contributed by atoms with van der Waals surface area (Å²) in [4.78, 5) is 1.99. The predicted molar refractivity (Wildman–Crippen MR) is 70.1 cm³/mol. The smallest absolute Gasteiger partial charge is 0.123 e. The Kier molecular flexibility index (Phi) is 3.00. The molecule has 0 saturated carbocycles. The highest BCUT2D eigenvalue weighted by Gasteiger charge is 2.08. The number of anilines is 3. The van der Waals surface area contributed by atoms with Gasteiger partial charge >= 0.3 is 0 Å². The van der Waals surface area contributed by atoms with Gasteiger partial charge in [0.05, 0.1) is 0 Å². The van der Waals surface area contributed by atoms with Crippen molar-refractivity contribution in [1.82, 2.24) is 0 Å². The maximum atomic E-state index is 12.9. The third-order valence-electron chi connectivity index (χ3n) is 2.92. The van der Waals surface area contributed by atoms with Gasteiger partial charge < -0.3 is 10.6 Å². The van der Waals surface area contributed by atoms with E-state index in [0.717, 1.165) is 22.6 Å². The van der Waals surface area contributed by atoms with Gasteiger partial charge in [0, 0.05) is 24.1 Å². The Morgan fingerprint density at radius 3 is 2.35 bits per heavy atom. The standard InChI is InChI=1S/C14H15FN2/c1-10-13(16)4-3-5-14(10)17(2)12-8-6-11(15)7-9-12/h3-9H,16H2,1-2H3. The number of hydrogen-bond acceptors (Lipinski definition) is 2. The summed E-state index contributed by atoms with van der Waals surface area (Å²) in [7, 11) is 1.94. The predicted octanol–water partition coefficient (Wildman–Crippen LogP) is 3.48. The summed E-state index contributed by atoms with van der Waals surface area (Å²) in [6.07, 6.45) is 0. The van der Waals surface area contributed by atoms with Gasteiger partial charge in [0.15, 0.2) is 0 Å². The molecule has 0 unspecified atom stereocenters. The Morgan fingerprint density at radius 1 is 1.06 bits per heavy atom. The zero-order chi connectivity index (χ0) is 12.4. The third-order valence-corrected chi connectivity index (χ3v) is 2.92. The molecule has 0 radical (unpaired) electrons. The van der Waals surface area contributed by atoms with Crippen LogP contribution in [0, 0.1) is 12.7 Å². The summed E-state index contributed by atoms with van der Waals surface area (Å²) in [6, 6.07) is 12.2. The summed E-state index contributed by atoms with van der Waals surface area (Å²) in [6.45, 7) is 1.98. The third kappa shape index (κ3) is 2.23. The van der Waals surface area contributed by atoms with Gasteiger partial charge in [-0.25, -0.2) is 4.39 Å². The second-order valence-electron chi connectivity index (χ2n) is 4.03. The summed E-state index contributed by atoms with van der Waals surface area (Å²) in [5, 5.41) is 0. The van der Waals surface area contributed by atoms with Crippen molar-refractivity contribution in [2.75, 3.05) is 17.7 Å². The zero-order valence-electron chi connectivity index (χ0n) is 9.94. The summed E-state index contributed by atoms with van der Waals surface area (Å²) < 4.78 is 12.9. The van der Waals surface area contributed by atoms with Crippen LogP contribution in [0.1, 0.15) is 5.56 Å². The Hall–Kier alpha value is -2.03. The number of hydrogen-bond donors (Lipinski definition) is 1. The van der Waals surface area contributed by atoms with Crippen molar-refractivity contribution < 1.29 is 4.39 Å². The largest absolute Gasteiger partial charge is 0.398 e. The van der Waals surface area contributed by atoms with Gasteiger partial charge in [-0.05, 0) is 48.9 Å². The van der Waals surface area contributed by atoms with Crippen molar-refractivity contribution in [3.05, 3.63) is 53.8 Å². The minimum Gasteiger partial charge on any atom is -0.398 e. The number of rotatable bonds is 2. The topological polar surface area (TPSA) is 29.3 Å². The summed E-state index contributed by atoms with van der Waals surface area (Å²) in [5.41, 5.74) is 9.62. The molecular formula is C14H15FN2. The molecule has 88 valence electrons. The van der Waals surface area contributed by atoms with E-state index in [0.29, 0.717) is 0 Å². The molecule has 0 aliphatic carbocycles. The lowest BCUT2D eigenvalue weighted by Gasteiger charge is -2.22. The van der Waals surface area contributed by atoms with Crippen LogP contribution in [-0.4, -0.2) is 7.05 Å². The average molecular weight is 230 g/mol. The van der Waals surface area contributed by atoms with Gasteiger partial charge in [-0.2, -0.15) is 0 Å². The van der Waals surface area contributed by atoms with Crippen LogP contribution in [0.25, 0.3) is 0 Å². The van der Waals surface area contributed by atoms with E-state index >= 15 is 0 Å². The number of nitrogens with two attached hydrogens (primary N) is 1. The zero-order valence-corrected chi connectivity index (χ0v) is 9.94. The van der Waals surface area contributed by atoms with Crippen molar-refractivity contribution in [3.63, 3.8) is 0 Å². The molecule has 0 atom stereocenters. The van der Waals surface area contributed by atoms with E-state index in [2.05, 4.69) is 0 Å². The first-order valence-corrected chi connectivity index (χ1v) is 5.44. The molecule has 0 heterocycles. The van der Waals surface area contributed by atoms with E-state index in [1.54, 1.807) is 12.1 Å². The van der Waals surface area contributed by atoms with E-state index in [1.165, 1.54) is 12.1 Å². The lowest BCUT2D eigenvalue weighted by atomic mass is 10.1. The number of nitrogens with zero attached hydrogens (tertiary/aromatic N) is 1. The molecule has 2 nitrogen and oxygen atoms in total. The lowest BCUT2D eigenvalue weighted by molar-refractivity contribution is 0.628. The maximum Gasteiger partial charge on any atom is 0.123 e. The summed E-state index contributed by atoms with van der Waals surface area (Å²) in [5.74, 6) is -0.230. The molecule has 2 N–H and O–H groups in total. The molecule has 0 spiro atoms. The quantitative estimate of drug-likeness (QED) is 0.800. The van der Waals surface area contributed by atoms with Crippen molar-refractivity contribution in [2.45, 2.75) is 6.92 Å². The number of benzene rings is 2. The van der Waals surface area contributed by atoms with Crippen LogP contribution in [0.5, 0.6) is 0 Å². The van der Waals surface area contributed by atoms with Crippen LogP contribution in [0.4, 0.5) is 21.5 Å². The van der Waals surface area contributed by atoms with Crippen LogP contribution < -0.4 is 10.6 Å². The molecule has 2 rings (SSSR count). The molecule has 2 aromatic carbocycles. The minimum absolute atomic E-state index is 0.230. The number of nitrogen functional groups attached to an aromatic ring is 1. The van der Waals surface area contributed by atoms with Gasteiger partial charge in [-0.15, -0.1) is 0 Å². The van der Waals surface area contributed by atoms with Crippen molar-refractivity contribution >= 4 is 17.1 Å². The Balaban J connectivity index is 2.40. The molecule has 0 aliphatic rings. The second kappa shape index (κ2) is 4.45. The van der Waals surface area contributed by atoms with Crippen LogP contribution in [0.2, 0.25) is 0 Å². The molecular weight excluding hydrogens is 215 g/mol. The molecule has 0 bridgehead atoms. The molecule has 0 aliphatic heterocycles. The summed E-state index contributed by atoms with van der Waals surface area (Å²) >= 11 is 0. The van der Waals surface area contributed by atoms with Gasteiger partial charge in [-0.3, -0.25) is 0 Å².